The van der Waals surface area contributed by atoms with Gasteiger partial charge in [-0.1, -0.05) is 24.2 Å². The number of aromatic hydroxyl groups is 1. The van der Waals surface area contributed by atoms with Crippen LogP contribution in [0, 0.1) is 5.92 Å². The average Bonchev–Trinajstić information content (AvgIpc) is 3.10. The monoisotopic (exact) mass is 287 g/mol. The molecule has 3 unspecified atom stereocenters. The van der Waals surface area contributed by atoms with E-state index in [1.54, 1.807) is 12.1 Å². The molecule has 0 spiro atoms. The predicted octanol–water partition coefficient (Wildman–Crippen LogP) is 2.92. The van der Waals surface area contributed by atoms with Gasteiger partial charge in [-0.2, -0.15) is 4.98 Å². The highest BCUT2D eigenvalue weighted by molar-refractivity contribution is 5.26. The molecule has 0 bridgehead atoms. The Bertz CT molecular complexity index is 594. The van der Waals surface area contributed by atoms with E-state index in [4.69, 9.17) is 10.3 Å². The Labute approximate surface area is 124 Å². The second-order valence-corrected chi connectivity index (χ2v) is 6.08. The molecule has 0 radical (unpaired) electrons. The molecule has 1 aromatic heterocycles. The highest BCUT2D eigenvalue weighted by atomic mass is 16.5. The Morgan fingerprint density at radius 3 is 2.76 bits per heavy atom. The minimum atomic E-state index is -0.311. The maximum atomic E-state index is 9.28. The van der Waals surface area contributed by atoms with Crippen molar-refractivity contribution in [1.29, 1.82) is 0 Å². The van der Waals surface area contributed by atoms with E-state index in [9.17, 15) is 5.11 Å². The summed E-state index contributed by atoms with van der Waals surface area (Å²) in [5.74, 6) is 2.71. The molecule has 0 saturated heterocycles. The van der Waals surface area contributed by atoms with Crippen LogP contribution < -0.4 is 5.73 Å². The van der Waals surface area contributed by atoms with E-state index < -0.39 is 0 Å². The number of hydrogen-bond donors (Lipinski definition) is 2. The SMILES string of the molecule is CC1CCC(c2noc(C(N)Cc3ccc(O)cc3)n2)C1. The average molecular weight is 287 g/mol. The number of benzene rings is 1. The van der Waals surface area contributed by atoms with Crippen molar-refractivity contribution in [3.8, 4) is 5.75 Å². The molecular weight excluding hydrogens is 266 g/mol. The van der Waals surface area contributed by atoms with E-state index in [1.807, 2.05) is 12.1 Å². The van der Waals surface area contributed by atoms with Crippen molar-refractivity contribution in [3.05, 3.63) is 41.5 Å². The summed E-state index contributed by atoms with van der Waals surface area (Å²) in [4.78, 5) is 4.49. The fourth-order valence-electron chi connectivity index (χ4n) is 2.98. The second-order valence-electron chi connectivity index (χ2n) is 6.08. The first-order valence-corrected chi connectivity index (χ1v) is 7.49. The standard InChI is InChI=1S/C16H21N3O2/c1-10-2-5-12(8-10)15-18-16(21-19-15)14(17)9-11-3-6-13(20)7-4-11/h3-4,6-7,10,12,14,20H,2,5,8-9,17H2,1H3. The molecule has 1 aliphatic rings. The summed E-state index contributed by atoms with van der Waals surface area (Å²) < 4.78 is 5.33. The van der Waals surface area contributed by atoms with Gasteiger partial charge in [0.25, 0.3) is 0 Å². The Morgan fingerprint density at radius 2 is 2.10 bits per heavy atom. The Balaban J connectivity index is 1.66. The molecule has 5 nitrogen and oxygen atoms in total. The van der Waals surface area contributed by atoms with Gasteiger partial charge in [0.2, 0.25) is 5.89 Å². The number of nitrogens with zero attached hydrogens (tertiary/aromatic N) is 2. The number of phenols is 1. The van der Waals surface area contributed by atoms with Crippen LogP contribution in [-0.2, 0) is 6.42 Å². The summed E-state index contributed by atoms with van der Waals surface area (Å²) in [6, 6.07) is 6.70. The van der Waals surface area contributed by atoms with Crippen molar-refractivity contribution in [2.24, 2.45) is 11.7 Å². The third kappa shape index (κ3) is 3.24. The molecule has 1 aliphatic carbocycles. The largest absolute Gasteiger partial charge is 0.508 e. The molecule has 1 fully saturated rings. The van der Waals surface area contributed by atoms with Crippen LogP contribution in [0.4, 0.5) is 0 Å². The third-order valence-corrected chi connectivity index (χ3v) is 4.23. The number of nitrogens with two attached hydrogens (primary N) is 1. The van der Waals surface area contributed by atoms with E-state index in [2.05, 4.69) is 17.1 Å². The van der Waals surface area contributed by atoms with Crippen LogP contribution in [0.25, 0.3) is 0 Å². The number of rotatable bonds is 4. The van der Waals surface area contributed by atoms with Gasteiger partial charge in [0.15, 0.2) is 5.82 Å². The van der Waals surface area contributed by atoms with Gasteiger partial charge in [0, 0.05) is 5.92 Å². The first-order chi connectivity index (χ1) is 10.1. The second kappa shape index (κ2) is 5.85. The Kier molecular flexibility index (Phi) is 3.92. The van der Waals surface area contributed by atoms with E-state index in [0.29, 0.717) is 18.2 Å². The minimum Gasteiger partial charge on any atom is -0.508 e. The van der Waals surface area contributed by atoms with Gasteiger partial charge in [-0.3, -0.25) is 0 Å². The van der Waals surface area contributed by atoms with Crippen LogP contribution in [0.5, 0.6) is 5.75 Å². The van der Waals surface area contributed by atoms with Gasteiger partial charge in [-0.15, -0.1) is 0 Å². The lowest BCUT2D eigenvalue weighted by molar-refractivity contribution is 0.347. The molecule has 5 heteroatoms. The van der Waals surface area contributed by atoms with Crippen LogP contribution in [0.1, 0.15) is 55.4 Å². The molecule has 112 valence electrons. The number of aromatic nitrogens is 2. The summed E-state index contributed by atoms with van der Waals surface area (Å²) >= 11 is 0. The zero-order valence-electron chi connectivity index (χ0n) is 12.2. The molecule has 1 aromatic carbocycles. The van der Waals surface area contributed by atoms with Crippen molar-refractivity contribution in [3.63, 3.8) is 0 Å². The first kappa shape index (κ1) is 14.1. The molecule has 1 heterocycles. The van der Waals surface area contributed by atoms with Crippen LogP contribution in [0.15, 0.2) is 28.8 Å². The van der Waals surface area contributed by atoms with E-state index in [-0.39, 0.29) is 11.8 Å². The third-order valence-electron chi connectivity index (χ3n) is 4.23. The molecule has 0 amide bonds. The molecule has 3 rings (SSSR count). The molecule has 0 aliphatic heterocycles. The molecule has 3 N–H and O–H groups in total. The maximum absolute atomic E-state index is 9.28. The molecular formula is C16H21N3O2. The van der Waals surface area contributed by atoms with Crippen LogP contribution >= 0.6 is 0 Å². The normalized spacial score (nSPS) is 23.3. The lowest BCUT2D eigenvalue weighted by atomic mass is 10.1. The summed E-state index contributed by atoms with van der Waals surface area (Å²) in [5.41, 5.74) is 7.18. The van der Waals surface area contributed by atoms with E-state index in [1.165, 1.54) is 6.42 Å². The van der Waals surface area contributed by atoms with Crippen molar-refractivity contribution in [2.75, 3.05) is 0 Å². The van der Waals surface area contributed by atoms with Crippen LogP contribution in [-0.4, -0.2) is 15.2 Å². The summed E-state index contributed by atoms with van der Waals surface area (Å²) in [7, 11) is 0. The highest BCUT2D eigenvalue weighted by Crippen LogP contribution is 2.36. The zero-order chi connectivity index (χ0) is 14.8. The molecule has 2 aromatic rings. The maximum Gasteiger partial charge on any atom is 0.243 e. The number of phenolic OH excluding ortho intramolecular Hbond substituents is 1. The molecule has 21 heavy (non-hydrogen) atoms. The van der Waals surface area contributed by atoms with Gasteiger partial charge < -0.3 is 15.4 Å². The lowest BCUT2D eigenvalue weighted by Gasteiger charge is -2.07. The highest BCUT2D eigenvalue weighted by Gasteiger charge is 2.27. The Hall–Kier alpha value is -1.88. The molecule has 3 atom stereocenters. The van der Waals surface area contributed by atoms with E-state index >= 15 is 0 Å². The smallest absolute Gasteiger partial charge is 0.243 e. The quantitative estimate of drug-likeness (QED) is 0.903. The van der Waals surface area contributed by atoms with Gasteiger partial charge in [0.1, 0.15) is 5.75 Å². The summed E-state index contributed by atoms with van der Waals surface area (Å²) in [5, 5.41) is 13.4. The summed E-state index contributed by atoms with van der Waals surface area (Å²) in [6.07, 6.45) is 4.11. The van der Waals surface area contributed by atoms with Crippen molar-refractivity contribution < 1.29 is 9.63 Å². The summed E-state index contributed by atoms with van der Waals surface area (Å²) in [6.45, 7) is 2.26. The fourth-order valence-corrected chi connectivity index (χ4v) is 2.98. The topological polar surface area (TPSA) is 85.2 Å². The van der Waals surface area contributed by atoms with Crippen molar-refractivity contribution in [2.45, 2.75) is 44.6 Å². The van der Waals surface area contributed by atoms with Crippen molar-refractivity contribution >= 4 is 0 Å². The van der Waals surface area contributed by atoms with Gasteiger partial charge in [-0.25, -0.2) is 0 Å². The zero-order valence-corrected chi connectivity index (χ0v) is 12.2. The lowest BCUT2D eigenvalue weighted by Crippen LogP contribution is -2.14. The Morgan fingerprint density at radius 1 is 1.33 bits per heavy atom. The predicted molar refractivity (Wildman–Crippen MR) is 78.8 cm³/mol. The fraction of sp³-hybridized carbons (Fsp3) is 0.500. The first-order valence-electron chi connectivity index (χ1n) is 7.49. The van der Waals surface area contributed by atoms with Crippen LogP contribution in [0.2, 0.25) is 0 Å². The number of hydrogen-bond acceptors (Lipinski definition) is 5. The van der Waals surface area contributed by atoms with Crippen molar-refractivity contribution in [1.82, 2.24) is 10.1 Å². The van der Waals surface area contributed by atoms with Gasteiger partial charge >= 0.3 is 0 Å². The minimum absolute atomic E-state index is 0.253. The van der Waals surface area contributed by atoms with E-state index in [0.717, 1.165) is 30.1 Å². The van der Waals surface area contributed by atoms with Crippen LogP contribution in [0.3, 0.4) is 0 Å². The molecule has 1 saturated carbocycles. The van der Waals surface area contributed by atoms with Gasteiger partial charge in [-0.05, 0) is 49.3 Å². The van der Waals surface area contributed by atoms with Gasteiger partial charge in [0.05, 0.1) is 6.04 Å².